The molecule has 0 aliphatic heterocycles. The molecular weight excluding hydrogens is 319 g/mol. The molecule has 1 heterocycles. The van der Waals surface area contributed by atoms with Gasteiger partial charge in [-0.1, -0.05) is 47.5 Å². The maximum atomic E-state index is 10.5. The van der Waals surface area contributed by atoms with Crippen LogP contribution < -0.4 is 0 Å². The first kappa shape index (κ1) is 15.1. The third kappa shape index (κ3) is 3.33. The molecule has 2 aromatic carbocycles. The molecule has 0 fully saturated rings. The van der Waals surface area contributed by atoms with Gasteiger partial charge in [-0.15, -0.1) is 0 Å². The minimum atomic E-state index is -0.792. The summed E-state index contributed by atoms with van der Waals surface area (Å²) in [4.78, 5) is 4.28. The zero-order valence-electron chi connectivity index (χ0n) is 11.7. The molecule has 5 heteroatoms. The number of imidazole rings is 1. The van der Waals surface area contributed by atoms with Crippen LogP contribution in [0.3, 0.4) is 0 Å². The highest BCUT2D eigenvalue weighted by molar-refractivity contribution is 6.30. The lowest BCUT2D eigenvalue weighted by Crippen LogP contribution is -2.10. The van der Waals surface area contributed by atoms with Crippen LogP contribution in [-0.4, -0.2) is 14.7 Å². The summed E-state index contributed by atoms with van der Waals surface area (Å²) in [6, 6.07) is 14.7. The molecule has 0 saturated carbocycles. The van der Waals surface area contributed by atoms with Gasteiger partial charge in [-0.25, -0.2) is 4.98 Å². The fraction of sp³-hybridized carbons (Fsp3) is 0.118. The quantitative estimate of drug-likeness (QED) is 0.772. The van der Waals surface area contributed by atoms with Crippen molar-refractivity contribution < 1.29 is 5.11 Å². The first-order valence-electron chi connectivity index (χ1n) is 6.82. The van der Waals surface area contributed by atoms with Crippen LogP contribution in [0.1, 0.15) is 23.1 Å². The molecule has 0 saturated heterocycles. The van der Waals surface area contributed by atoms with Gasteiger partial charge in [0, 0.05) is 29.0 Å². The third-order valence-corrected chi connectivity index (χ3v) is 3.95. The van der Waals surface area contributed by atoms with E-state index in [-0.39, 0.29) is 0 Å². The van der Waals surface area contributed by atoms with E-state index in [1.165, 1.54) is 0 Å². The van der Waals surface area contributed by atoms with Crippen LogP contribution >= 0.6 is 23.2 Å². The van der Waals surface area contributed by atoms with E-state index in [1.807, 2.05) is 35.0 Å². The summed E-state index contributed by atoms with van der Waals surface area (Å²) in [6.07, 6.45) is 2.74. The number of hydrogen-bond donors (Lipinski definition) is 1. The van der Waals surface area contributed by atoms with E-state index >= 15 is 0 Å². The summed E-state index contributed by atoms with van der Waals surface area (Å²) in [7, 11) is 0. The Kier molecular flexibility index (Phi) is 4.48. The van der Waals surface area contributed by atoms with Crippen molar-refractivity contribution in [3.63, 3.8) is 0 Å². The van der Waals surface area contributed by atoms with Crippen LogP contribution in [0.2, 0.25) is 10.0 Å². The number of benzene rings is 2. The normalized spacial score (nSPS) is 12.3. The molecule has 0 radical (unpaired) electrons. The highest BCUT2D eigenvalue weighted by atomic mass is 35.5. The van der Waals surface area contributed by atoms with E-state index in [0.717, 1.165) is 11.1 Å². The fourth-order valence-electron chi connectivity index (χ4n) is 2.28. The Balaban J connectivity index is 1.85. The van der Waals surface area contributed by atoms with Gasteiger partial charge in [0.1, 0.15) is 11.9 Å². The highest BCUT2D eigenvalue weighted by Gasteiger charge is 2.16. The number of rotatable bonds is 4. The monoisotopic (exact) mass is 332 g/mol. The summed E-state index contributed by atoms with van der Waals surface area (Å²) >= 11 is 11.8. The molecule has 0 spiro atoms. The Morgan fingerprint density at radius 3 is 2.18 bits per heavy atom. The predicted octanol–water partition coefficient (Wildman–Crippen LogP) is 4.32. The van der Waals surface area contributed by atoms with Crippen LogP contribution in [0.15, 0.2) is 60.9 Å². The molecule has 22 heavy (non-hydrogen) atoms. The highest BCUT2D eigenvalue weighted by Crippen LogP contribution is 2.23. The Hall–Kier alpha value is -1.81. The van der Waals surface area contributed by atoms with Gasteiger partial charge in [0.25, 0.3) is 0 Å². The smallest absolute Gasteiger partial charge is 0.142 e. The van der Waals surface area contributed by atoms with Crippen LogP contribution in [0.4, 0.5) is 0 Å². The molecular formula is C17H14Cl2N2O. The second kappa shape index (κ2) is 6.53. The van der Waals surface area contributed by atoms with E-state index in [2.05, 4.69) is 4.98 Å². The average molecular weight is 333 g/mol. The van der Waals surface area contributed by atoms with Crippen LogP contribution in [0.5, 0.6) is 0 Å². The number of aromatic nitrogens is 2. The van der Waals surface area contributed by atoms with E-state index in [0.29, 0.717) is 22.4 Å². The molecule has 1 unspecified atom stereocenters. The SMILES string of the molecule is OC(c1ccc(Cl)cc1)c1nccn1Cc1ccc(Cl)cc1. The maximum Gasteiger partial charge on any atom is 0.142 e. The molecule has 112 valence electrons. The second-order valence-electron chi connectivity index (χ2n) is 4.99. The predicted molar refractivity (Wildman–Crippen MR) is 88.3 cm³/mol. The zero-order valence-corrected chi connectivity index (χ0v) is 13.2. The lowest BCUT2D eigenvalue weighted by molar-refractivity contribution is 0.205. The Bertz CT molecular complexity index is 751. The van der Waals surface area contributed by atoms with E-state index in [9.17, 15) is 5.11 Å². The fourth-order valence-corrected chi connectivity index (χ4v) is 2.53. The molecule has 3 rings (SSSR count). The second-order valence-corrected chi connectivity index (χ2v) is 5.87. The molecule has 1 aromatic heterocycles. The Morgan fingerprint density at radius 1 is 0.955 bits per heavy atom. The van der Waals surface area contributed by atoms with Crippen molar-refractivity contribution in [3.8, 4) is 0 Å². The lowest BCUT2D eigenvalue weighted by Gasteiger charge is -2.14. The zero-order chi connectivity index (χ0) is 15.5. The summed E-state index contributed by atoms with van der Waals surface area (Å²) in [6.45, 7) is 0.622. The number of aliphatic hydroxyl groups is 1. The number of halogens is 2. The lowest BCUT2D eigenvalue weighted by atomic mass is 10.1. The molecule has 0 aliphatic carbocycles. The van der Waals surface area contributed by atoms with Gasteiger partial charge in [-0.05, 0) is 35.4 Å². The third-order valence-electron chi connectivity index (χ3n) is 3.44. The van der Waals surface area contributed by atoms with Crippen molar-refractivity contribution >= 4 is 23.2 Å². The molecule has 3 aromatic rings. The van der Waals surface area contributed by atoms with E-state index in [1.54, 1.807) is 30.5 Å². The standard InChI is InChI=1S/C17H14Cl2N2O/c18-14-5-1-12(2-6-14)11-21-10-9-20-17(21)16(22)13-3-7-15(19)8-4-13/h1-10,16,22H,11H2. The first-order chi connectivity index (χ1) is 10.6. The maximum absolute atomic E-state index is 10.5. The van der Waals surface area contributed by atoms with Gasteiger partial charge in [0.05, 0.1) is 0 Å². The van der Waals surface area contributed by atoms with Crippen LogP contribution in [0, 0.1) is 0 Å². The molecule has 0 aliphatic rings. The largest absolute Gasteiger partial charge is 0.380 e. The molecule has 0 bridgehead atoms. The van der Waals surface area contributed by atoms with Crippen LogP contribution in [0.25, 0.3) is 0 Å². The van der Waals surface area contributed by atoms with Crippen molar-refractivity contribution in [2.45, 2.75) is 12.6 Å². The molecule has 3 nitrogen and oxygen atoms in total. The minimum Gasteiger partial charge on any atom is -0.380 e. The van der Waals surface area contributed by atoms with Crippen molar-refractivity contribution in [2.24, 2.45) is 0 Å². The van der Waals surface area contributed by atoms with Gasteiger partial charge >= 0.3 is 0 Å². The molecule has 1 atom stereocenters. The van der Waals surface area contributed by atoms with Crippen molar-refractivity contribution in [1.82, 2.24) is 9.55 Å². The first-order valence-corrected chi connectivity index (χ1v) is 7.58. The van der Waals surface area contributed by atoms with Gasteiger partial charge < -0.3 is 9.67 Å². The van der Waals surface area contributed by atoms with Gasteiger partial charge in [0.2, 0.25) is 0 Å². The Labute approximate surface area is 138 Å². The topological polar surface area (TPSA) is 38.1 Å². The summed E-state index contributed by atoms with van der Waals surface area (Å²) < 4.78 is 1.92. The van der Waals surface area contributed by atoms with E-state index < -0.39 is 6.10 Å². The minimum absolute atomic E-state index is 0.595. The Morgan fingerprint density at radius 2 is 1.55 bits per heavy atom. The number of aliphatic hydroxyl groups excluding tert-OH is 1. The van der Waals surface area contributed by atoms with E-state index in [4.69, 9.17) is 23.2 Å². The number of nitrogens with zero attached hydrogens (tertiary/aromatic N) is 2. The average Bonchev–Trinajstić information content (AvgIpc) is 2.98. The van der Waals surface area contributed by atoms with Crippen molar-refractivity contribution in [1.29, 1.82) is 0 Å². The summed E-state index contributed by atoms with van der Waals surface area (Å²) in [5.74, 6) is 0.595. The number of hydrogen-bond acceptors (Lipinski definition) is 2. The molecule has 0 amide bonds. The summed E-state index contributed by atoms with van der Waals surface area (Å²) in [5, 5.41) is 11.9. The molecule has 1 N–H and O–H groups in total. The van der Waals surface area contributed by atoms with Crippen LogP contribution in [-0.2, 0) is 6.54 Å². The van der Waals surface area contributed by atoms with Gasteiger partial charge in [-0.2, -0.15) is 0 Å². The van der Waals surface area contributed by atoms with Crippen molar-refractivity contribution in [3.05, 3.63) is 87.9 Å². The van der Waals surface area contributed by atoms with Gasteiger partial charge in [0.15, 0.2) is 0 Å². The summed E-state index contributed by atoms with van der Waals surface area (Å²) in [5.41, 5.74) is 1.85. The van der Waals surface area contributed by atoms with Gasteiger partial charge in [-0.3, -0.25) is 0 Å². The van der Waals surface area contributed by atoms with Crippen molar-refractivity contribution in [2.75, 3.05) is 0 Å².